The maximum atomic E-state index is 12.6. The fourth-order valence-electron chi connectivity index (χ4n) is 3.11. The van der Waals surface area contributed by atoms with E-state index < -0.39 is 65.3 Å². The Kier molecular flexibility index (Phi) is 8.73. The van der Waals surface area contributed by atoms with Crippen LogP contribution in [0.1, 0.15) is 26.3 Å². The van der Waals surface area contributed by atoms with Gasteiger partial charge in [0.1, 0.15) is 6.10 Å². The Morgan fingerprint density at radius 1 is 0.875 bits per heavy atom. The van der Waals surface area contributed by atoms with Crippen molar-refractivity contribution in [2.24, 2.45) is 0 Å². The molecule has 0 saturated carbocycles. The molecule has 1 aliphatic heterocycles. The van der Waals surface area contributed by atoms with Gasteiger partial charge in [-0.3, -0.25) is 18.6 Å². The molecule has 0 radical (unpaired) electrons. The summed E-state index contributed by atoms with van der Waals surface area (Å²) in [5.74, 6) is -2.25. The van der Waals surface area contributed by atoms with Crippen molar-refractivity contribution in [3.05, 3.63) is 29.8 Å². The van der Waals surface area contributed by atoms with E-state index in [1.165, 1.54) is 19.2 Å². The smallest absolute Gasteiger partial charge is 0.303 e. The monoisotopic (exact) mass is 474 g/mol. The van der Waals surface area contributed by atoms with Gasteiger partial charge in [0.15, 0.2) is 24.6 Å². The molecule has 0 unspecified atom stereocenters. The van der Waals surface area contributed by atoms with Gasteiger partial charge in [0.2, 0.25) is 0 Å². The summed E-state index contributed by atoms with van der Waals surface area (Å²) in [6.07, 6.45) is -6.46. The van der Waals surface area contributed by atoms with E-state index in [4.69, 9.17) is 27.9 Å². The number of esters is 3. The van der Waals surface area contributed by atoms with Gasteiger partial charge >= 0.3 is 17.9 Å². The van der Waals surface area contributed by atoms with Crippen molar-refractivity contribution in [3.63, 3.8) is 0 Å². The number of carbonyl (C=O) groups excluding carboxylic acids is 3. The van der Waals surface area contributed by atoms with Gasteiger partial charge in [0, 0.05) is 27.9 Å². The van der Waals surface area contributed by atoms with Gasteiger partial charge in [-0.25, -0.2) is 0 Å². The van der Waals surface area contributed by atoms with Crippen LogP contribution in [0.4, 0.5) is 0 Å². The first-order chi connectivity index (χ1) is 14.9. The maximum absolute atomic E-state index is 12.6. The standard InChI is InChI=1S/C20H26O11S/c1-11-6-8-15(9-7-11)32(24,25)27-10-16-17(28-12(2)21)18(29-13(3)22)19(30-14(4)23)20(26-5)31-16/h6-9,16-20H,10H2,1-5H3/t16-,17+,18-,19+,20-/m0/s1. The average molecular weight is 474 g/mol. The van der Waals surface area contributed by atoms with Crippen LogP contribution in [-0.4, -0.2) is 70.7 Å². The molecule has 5 atom stereocenters. The number of carbonyl (C=O) groups is 3. The first kappa shape index (κ1) is 25.7. The van der Waals surface area contributed by atoms with Crippen molar-refractivity contribution in [2.75, 3.05) is 13.7 Å². The zero-order chi connectivity index (χ0) is 24.1. The number of ether oxygens (including phenoxy) is 5. The van der Waals surface area contributed by atoms with Crippen molar-refractivity contribution >= 4 is 28.0 Å². The van der Waals surface area contributed by atoms with E-state index in [-0.39, 0.29) is 4.90 Å². The summed E-state index contributed by atoms with van der Waals surface area (Å²) in [5, 5.41) is 0. The third-order valence-corrected chi connectivity index (χ3v) is 5.72. The molecule has 0 aliphatic carbocycles. The van der Waals surface area contributed by atoms with Crippen molar-refractivity contribution in [1.29, 1.82) is 0 Å². The third-order valence-electron chi connectivity index (χ3n) is 4.43. The lowest BCUT2D eigenvalue weighted by atomic mass is 9.98. The Morgan fingerprint density at radius 3 is 1.88 bits per heavy atom. The number of hydrogen-bond donors (Lipinski definition) is 0. The van der Waals surface area contributed by atoms with E-state index in [0.717, 1.165) is 26.3 Å². The molecule has 11 nitrogen and oxygen atoms in total. The van der Waals surface area contributed by atoms with E-state index in [1.54, 1.807) is 19.1 Å². The SMILES string of the molecule is CO[C@H]1O[C@@H](COS(=O)(=O)c2ccc(C)cc2)[C@@H](OC(C)=O)[C@H](OC(C)=O)[C@H]1OC(C)=O. The molecular formula is C20H26O11S. The lowest BCUT2D eigenvalue weighted by Gasteiger charge is -2.43. The van der Waals surface area contributed by atoms with E-state index in [0.29, 0.717) is 0 Å². The molecule has 1 aromatic carbocycles. The fraction of sp³-hybridized carbons (Fsp3) is 0.550. The molecule has 12 heteroatoms. The molecule has 1 aliphatic rings. The quantitative estimate of drug-likeness (QED) is 0.301. The molecule has 178 valence electrons. The van der Waals surface area contributed by atoms with Gasteiger partial charge < -0.3 is 23.7 Å². The molecule has 0 amide bonds. The summed E-state index contributed by atoms with van der Waals surface area (Å²) in [7, 11) is -2.93. The van der Waals surface area contributed by atoms with Crippen LogP contribution in [0, 0.1) is 6.92 Å². The predicted octanol–water partition coefficient (Wildman–Crippen LogP) is 0.867. The van der Waals surface area contributed by atoms with Crippen molar-refractivity contribution in [2.45, 2.75) is 63.3 Å². The highest BCUT2D eigenvalue weighted by atomic mass is 32.2. The lowest BCUT2D eigenvalue weighted by Crippen LogP contribution is -2.62. The molecule has 32 heavy (non-hydrogen) atoms. The van der Waals surface area contributed by atoms with Crippen LogP contribution >= 0.6 is 0 Å². The summed E-state index contributed by atoms with van der Waals surface area (Å²) in [6.45, 7) is 4.55. The molecule has 1 saturated heterocycles. The van der Waals surface area contributed by atoms with Gasteiger partial charge in [0.05, 0.1) is 11.5 Å². The largest absolute Gasteiger partial charge is 0.456 e. The fourth-order valence-corrected chi connectivity index (χ4v) is 4.03. The van der Waals surface area contributed by atoms with Gasteiger partial charge in [-0.1, -0.05) is 17.7 Å². The second kappa shape index (κ2) is 10.9. The zero-order valence-corrected chi connectivity index (χ0v) is 19.1. The normalized spacial score (nSPS) is 25.6. The molecule has 0 bridgehead atoms. The number of methoxy groups -OCH3 is 1. The molecule has 2 rings (SSSR count). The minimum atomic E-state index is -4.18. The van der Waals surface area contributed by atoms with Crippen molar-refractivity contribution < 1.29 is 50.7 Å². The number of hydrogen-bond acceptors (Lipinski definition) is 11. The molecule has 0 N–H and O–H groups in total. The molecule has 0 aromatic heterocycles. The minimum absolute atomic E-state index is 0.0828. The lowest BCUT2D eigenvalue weighted by molar-refractivity contribution is -0.300. The van der Waals surface area contributed by atoms with E-state index in [9.17, 15) is 22.8 Å². The molecule has 1 fully saturated rings. The minimum Gasteiger partial charge on any atom is -0.456 e. The summed E-state index contributed by atoms with van der Waals surface area (Å²) in [4.78, 5) is 34.9. The van der Waals surface area contributed by atoms with Crippen LogP contribution in [-0.2, 0) is 52.4 Å². The van der Waals surface area contributed by atoms with Crippen LogP contribution < -0.4 is 0 Å². The van der Waals surface area contributed by atoms with E-state index in [2.05, 4.69) is 0 Å². The number of rotatable bonds is 8. The third kappa shape index (κ3) is 6.73. The number of aryl methyl sites for hydroxylation is 1. The van der Waals surface area contributed by atoms with E-state index >= 15 is 0 Å². The van der Waals surface area contributed by atoms with Gasteiger partial charge in [-0.05, 0) is 19.1 Å². The molecule has 0 spiro atoms. The van der Waals surface area contributed by atoms with Gasteiger partial charge in [-0.15, -0.1) is 0 Å². The van der Waals surface area contributed by atoms with Crippen LogP contribution in [0.3, 0.4) is 0 Å². The Bertz CT molecular complexity index is 925. The molecule has 1 heterocycles. The Labute approximate surface area is 186 Å². The average Bonchev–Trinajstić information content (AvgIpc) is 2.69. The summed E-state index contributed by atoms with van der Waals surface area (Å²) >= 11 is 0. The first-order valence-corrected chi connectivity index (χ1v) is 11.0. The Hall–Kier alpha value is -2.54. The van der Waals surface area contributed by atoms with E-state index in [1.807, 2.05) is 0 Å². The number of benzene rings is 1. The van der Waals surface area contributed by atoms with Crippen LogP contribution in [0.5, 0.6) is 0 Å². The maximum Gasteiger partial charge on any atom is 0.303 e. The highest BCUT2D eigenvalue weighted by Gasteiger charge is 2.52. The second-order valence-electron chi connectivity index (χ2n) is 7.05. The van der Waals surface area contributed by atoms with Crippen LogP contribution in [0.15, 0.2) is 29.2 Å². The summed E-state index contributed by atoms with van der Waals surface area (Å²) in [6, 6.07) is 5.98. The Balaban J connectivity index is 2.33. The van der Waals surface area contributed by atoms with Crippen molar-refractivity contribution in [1.82, 2.24) is 0 Å². The summed E-state index contributed by atoms with van der Waals surface area (Å²) in [5.41, 5.74) is 0.859. The van der Waals surface area contributed by atoms with Crippen LogP contribution in [0.25, 0.3) is 0 Å². The van der Waals surface area contributed by atoms with Gasteiger partial charge in [-0.2, -0.15) is 8.42 Å². The first-order valence-electron chi connectivity index (χ1n) is 9.60. The summed E-state index contributed by atoms with van der Waals surface area (Å²) < 4.78 is 56.8. The molecule has 1 aromatic rings. The van der Waals surface area contributed by atoms with Crippen LogP contribution in [0.2, 0.25) is 0 Å². The van der Waals surface area contributed by atoms with Gasteiger partial charge in [0.25, 0.3) is 10.1 Å². The zero-order valence-electron chi connectivity index (χ0n) is 18.3. The molecular weight excluding hydrogens is 448 g/mol. The van der Waals surface area contributed by atoms with Crippen molar-refractivity contribution in [3.8, 4) is 0 Å². The highest BCUT2D eigenvalue weighted by Crippen LogP contribution is 2.30. The predicted molar refractivity (Wildman–Crippen MR) is 107 cm³/mol. The topological polar surface area (TPSA) is 141 Å². The second-order valence-corrected chi connectivity index (χ2v) is 8.67. The Morgan fingerprint density at radius 2 is 1.38 bits per heavy atom. The highest BCUT2D eigenvalue weighted by molar-refractivity contribution is 7.86.